The van der Waals surface area contributed by atoms with Crippen LogP contribution in [0.1, 0.15) is 6.92 Å². The fourth-order valence-corrected chi connectivity index (χ4v) is 5.56. The van der Waals surface area contributed by atoms with Gasteiger partial charge >= 0.3 is 6.03 Å². The lowest BCUT2D eigenvalue weighted by atomic mass is 10.2. The third-order valence-electron chi connectivity index (χ3n) is 4.48. The van der Waals surface area contributed by atoms with Crippen LogP contribution in [-0.2, 0) is 11.8 Å². The first kappa shape index (κ1) is 21.3. The van der Waals surface area contributed by atoms with Crippen molar-refractivity contribution in [1.29, 1.82) is 0 Å². The second kappa shape index (κ2) is 9.04. The molecule has 3 heterocycles. The number of amides is 3. The molecule has 1 aromatic carbocycles. The van der Waals surface area contributed by atoms with Gasteiger partial charge in [-0.05, 0) is 30.5 Å². The first-order chi connectivity index (χ1) is 14.9. The molecule has 0 aliphatic rings. The molecule has 0 saturated carbocycles. The van der Waals surface area contributed by atoms with Gasteiger partial charge in [0.2, 0.25) is 5.91 Å². The molecule has 2 N–H and O–H groups in total. The van der Waals surface area contributed by atoms with Gasteiger partial charge in [-0.3, -0.25) is 19.5 Å². The van der Waals surface area contributed by atoms with Crippen LogP contribution in [0.3, 0.4) is 0 Å². The van der Waals surface area contributed by atoms with Crippen molar-refractivity contribution < 1.29 is 9.59 Å². The van der Waals surface area contributed by atoms with Crippen molar-refractivity contribution in [3.05, 3.63) is 63.6 Å². The van der Waals surface area contributed by atoms with Crippen molar-refractivity contribution in [2.24, 2.45) is 7.05 Å². The number of benzene rings is 1. The molecule has 0 aliphatic heterocycles. The van der Waals surface area contributed by atoms with E-state index in [0.717, 1.165) is 22.2 Å². The highest BCUT2D eigenvalue weighted by Gasteiger charge is 2.22. The molecule has 158 valence electrons. The van der Waals surface area contributed by atoms with Gasteiger partial charge in [-0.25, -0.2) is 9.78 Å². The minimum absolute atomic E-state index is 0.161. The van der Waals surface area contributed by atoms with Crippen LogP contribution < -0.4 is 16.2 Å². The number of anilines is 1. The largest absolute Gasteiger partial charge is 0.325 e. The van der Waals surface area contributed by atoms with E-state index in [-0.39, 0.29) is 5.56 Å². The van der Waals surface area contributed by atoms with E-state index in [9.17, 15) is 14.4 Å². The summed E-state index contributed by atoms with van der Waals surface area (Å²) in [5.41, 5.74) is 1.30. The topological polar surface area (TPSA) is 93.1 Å². The van der Waals surface area contributed by atoms with Gasteiger partial charge in [-0.15, -0.1) is 22.7 Å². The second-order valence-corrected chi connectivity index (χ2v) is 9.75. The van der Waals surface area contributed by atoms with Crippen LogP contribution in [0.4, 0.5) is 10.5 Å². The quantitative estimate of drug-likeness (QED) is 0.330. The molecule has 31 heavy (non-hydrogen) atoms. The van der Waals surface area contributed by atoms with E-state index in [4.69, 9.17) is 0 Å². The number of fused-ring (bicyclic) bond motifs is 1. The first-order valence-corrected chi connectivity index (χ1v) is 11.9. The summed E-state index contributed by atoms with van der Waals surface area (Å²) in [7, 11) is 1.64. The number of thiophene rings is 2. The lowest BCUT2D eigenvalue weighted by Gasteiger charge is -2.13. The highest BCUT2D eigenvalue weighted by atomic mass is 32.2. The Morgan fingerprint density at radius 3 is 2.61 bits per heavy atom. The minimum Gasteiger partial charge on any atom is -0.308 e. The lowest BCUT2D eigenvalue weighted by Crippen LogP contribution is -2.39. The van der Waals surface area contributed by atoms with Gasteiger partial charge in [0.15, 0.2) is 5.16 Å². The van der Waals surface area contributed by atoms with Gasteiger partial charge in [0.1, 0.15) is 4.83 Å². The van der Waals surface area contributed by atoms with Crippen LogP contribution in [-0.4, -0.2) is 26.7 Å². The average Bonchev–Trinajstić information content (AvgIpc) is 3.42. The normalized spacial score (nSPS) is 11.9. The highest BCUT2D eigenvalue weighted by Crippen LogP contribution is 2.34. The van der Waals surface area contributed by atoms with E-state index >= 15 is 0 Å². The fraction of sp³-hybridized carbons (Fsp3) is 0.143. The fourth-order valence-electron chi connectivity index (χ4n) is 2.88. The number of aromatic nitrogens is 2. The lowest BCUT2D eigenvalue weighted by molar-refractivity contribution is -0.119. The standard InChI is InChI=1S/C21H18N4O3S3/c1-12(17(26)23-20(28)22-13-7-4-3-5-8-13)31-21-24-18-16(19(27)25(21)2)14(11-30-18)15-9-6-10-29-15/h3-12H,1-2H3,(H2,22,23,26,28). The zero-order chi connectivity index (χ0) is 22.0. The molecule has 0 bridgehead atoms. The van der Waals surface area contributed by atoms with Gasteiger partial charge < -0.3 is 5.32 Å². The van der Waals surface area contributed by atoms with E-state index in [1.165, 1.54) is 15.9 Å². The zero-order valence-electron chi connectivity index (χ0n) is 16.6. The summed E-state index contributed by atoms with van der Waals surface area (Å²) in [5.74, 6) is -0.474. The zero-order valence-corrected chi connectivity index (χ0v) is 19.1. The maximum absolute atomic E-state index is 13.0. The Morgan fingerprint density at radius 1 is 1.13 bits per heavy atom. The average molecular weight is 471 g/mol. The van der Waals surface area contributed by atoms with Gasteiger partial charge in [0.05, 0.1) is 10.6 Å². The number of nitrogens with one attached hydrogen (secondary N) is 2. The molecule has 0 fully saturated rings. The van der Waals surface area contributed by atoms with Crippen molar-refractivity contribution in [2.45, 2.75) is 17.3 Å². The van der Waals surface area contributed by atoms with Crippen LogP contribution in [0.2, 0.25) is 0 Å². The van der Waals surface area contributed by atoms with Crippen molar-refractivity contribution >= 4 is 62.3 Å². The number of para-hydroxylation sites is 1. The van der Waals surface area contributed by atoms with Gasteiger partial charge in [-0.1, -0.05) is 36.0 Å². The number of hydrogen-bond donors (Lipinski definition) is 2. The molecule has 4 rings (SSSR count). The van der Waals surface area contributed by atoms with Crippen molar-refractivity contribution in [3.8, 4) is 10.4 Å². The predicted molar refractivity (Wildman–Crippen MR) is 127 cm³/mol. The summed E-state index contributed by atoms with van der Waals surface area (Å²) < 4.78 is 1.45. The Kier molecular flexibility index (Phi) is 6.21. The number of rotatable bonds is 5. The van der Waals surface area contributed by atoms with Gasteiger partial charge in [0, 0.05) is 28.6 Å². The summed E-state index contributed by atoms with van der Waals surface area (Å²) >= 11 is 4.10. The van der Waals surface area contributed by atoms with Crippen molar-refractivity contribution in [1.82, 2.24) is 14.9 Å². The molecule has 3 aromatic heterocycles. The maximum atomic E-state index is 13.0. The number of carbonyl (C=O) groups is 2. The van der Waals surface area contributed by atoms with Crippen LogP contribution in [0.15, 0.2) is 63.2 Å². The number of urea groups is 1. The smallest absolute Gasteiger partial charge is 0.308 e. The molecule has 3 amide bonds. The van der Waals surface area contributed by atoms with Crippen molar-refractivity contribution in [3.63, 3.8) is 0 Å². The minimum atomic E-state index is -0.631. The van der Waals surface area contributed by atoms with E-state index in [1.807, 2.05) is 29.0 Å². The molecule has 0 saturated heterocycles. The Morgan fingerprint density at radius 2 is 1.90 bits per heavy atom. The molecule has 10 heteroatoms. The summed E-state index contributed by atoms with van der Waals surface area (Å²) in [6.45, 7) is 1.66. The number of nitrogens with zero attached hydrogens (tertiary/aromatic N) is 2. The molecule has 7 nitrogen and oxygen atoms in total. The van der Waals surface area contributed by atoms with E-state index < -0.39 is 17.2 Å². The van der Waals surface area contributed by atoms with Gasteiger partial charge in [-0.2, -0.15) is 0 Å². The molecule has 0 aliphatic carbocycles. The van der Waals surface area contributed by atoms with Crippen LogP contribution in [0.25, 0.3) is 20.7 Å². The molecule has 1 atom stereocenters. The molecular formula is C21H18N4O3S3. The molecule has 4 aromatic rings. The Bertz CT molecular complexity index is 1300. The summed E-state index contributed by atoms with van der Waals surface area (Å²) in [6.07, 6.45) is 0. The second-order valence-electron chi connectivity index (χ2n) is 6.63. The van der Waals surface area contributed by atoms with E-state index in [1.54, 1.807) is 49.6 Å². The Hall–Kier alpha value is -2.95. The number of imide groups is 1. The Balaban J connectivity index is 1.50. The molecule has 0 spiro atoms. The number of hydrogen-bond acceptors (Lipinski definition) is 7. The Labute approximate surface area is 190 Å². The van der Waals surface area contributed by atoms with Crippen LogP contribution >= 0.6 is 34.4 Å². The third-order valence-corrected chi connectivity index (χ3v) is 7.40. The van der Waals surface area contributed by atoms with E-state index in [2.05, 4.69) is 15.6 Å². The SMILES string of the molecule is CC(Sc1nc2scc(-c3cccs3)c2c(=O)n1C)C(=O)NC(=O)Nc1ccccc1. The van der Waals surface area contributed by atoms with Crippen molar-refractivity contribution in [2.75, 3.05) is 5.32 Å². The third kappa shape index (κ3) is 4.55. The number of carbonyl (C=O) groups excluding carboxylic acids is 2. The van der Waals surface area contributed by atoms with Crippen LogP contribution in [0.5, 0.6) is 0 Å². The maximum Gasteiger partial charge on any atom is 0.325 e. The van der Waals surface area contributed by atoms with E-state index in [0.29, 0.717) is 21.1 Å². The van der Waals surface area contributed by atoms with Crippen LogP contribution in [0, 0.1) is 0 Å². The van der Waals surface area contributed by atoms with Gasteiger partial charge in [0.25, 0.3) is 5.56 Å². The predicted octanol–water partition coefficient (Wildman–Crippen LogP) is 4.55. The molecule has 1 unspecified atom stereocenters. The molecule has 0 radical (unpaired) electrons. The molecular weight excluding hydrogens is 452 g/mol. The number of thioether (sulfide) groups is 1. The highest BCUT2D eigenvalue weighted by molar-refractivity contribution is 8.00. The summed E-state index contributed by atoms with van der Waals surface area (Å²) in [4.78, 5) is 43.8. The summed E-state index contributed by atoms with van der Waals surface area (Å²) in [6, 6.07) is 12.2. The summed E-state index contributed by atoms with van der Waals surface area (Å²) in [5, 5.41) is 9.20. The monoisotopic (exact) mass is 470 g/mol. The first-order valence-electron chi connectivity index (χ1n) is 9.29.